The third kappa shape index (κ3) is 3.99. The molecule has 0 aliphatic rings. The number of anilines is 1. The summed E-state index contributed by atoms with van der Waals surface area (Å²) in [7, 11) is 4.54. The molecule has 0 unspecified atom stereocenters. The van der Waals surface area contributed by atoms with Gasteiger partial charge >= 0.3 is 0 Å². The van der Waals surface area contributed by atoms with Crippen LogP contribution in [0.5, 0.6) is 11.5 Å². The first-order chi connectivity index (χ1) is 13.9. The molecule has 0 saturated heterocycles. The highest BCUT2D eigenvalue weighted by molar-refractivity contribution is 6.50. The topological polar surface area (TPSA) is 119 Å². The Bertz CT molecular complexity index is 1190. The summed E-state index contributed by atoms with van der Waals surface area (Å²) in [5.41, 5.74) is 0.721. The first-order valence-corrected chi connectivity index (χ1v) is 8.75. The second-order valence-corrected chi connectivity index (χ2v) is 6.32. The van der Waals surface area contributed by atoms with E-state index in [1.807, 2.05) is 0 Å². The molecule has 3 aromatic rings. The molecule has 2 aromatic carbocycles. The van der Waals surface area contributed by atoms with Crippen molar-refractivity contribution >= 4 is 45.0 Å². The van der Waals surface area contributed by atoms with E-state index in [1.165, 1.54) is 32.4 Å². The number of ether oxygens (including phenoxy) is 2. The predicted molar refractivity (Wildman–Crippen MR) is 112 cm³/mol. The zero-order chi connectivity index (χ0) is 21.1. The molecule has 2 N–H and O–H groups in total. The number of H-pyrrole nitrogens is 1. The number of halogens is 1. The third-order valence-electron chi connectivity index (χ3n) is 4.22. The highest BCUT2D eigenvalue weighted by atomic mass is 35.5. The van der Waals surface area contributed by atoms with Gasteiger partial charge < -0.3 is 19.8 Å². The number of methoxy groups -OCH3 is 2. The van der Waals surface area contributed by atoms with Gasteiger partial charge in [-0.05, 0) is 23.8 Å². The molecule has 9 nitrogen and oxygen atoms in total. The summed E-state index contributed by atoms with van der Waals surface area (Å²) in [6.07, 6.45) is 1.48. The van der Waals surface area contributed by atoms with E-state index in [4.69, 9.17) is 21.1 Å². The van der Waals surface area contributed by atoms with Crippen molar-refractivity contribution in [2.24, 2.45) is 0 Å². The molecule has 0 spiro atoms. The molecule has 150 valence electrons. The van der Waals surface area contributed by atoms with Crippen LogP contribution in [-0.2, 0) is 0 Å². The number of rotatable bonds is 6. The van der Waals surface area contributed by atoms with Crippen molar-refractivity contribution in [2.75, 3.05) is 26.6 Å². The van der Waals surface area contributed by atoms with Crippen molar-refractivity contribution in [3.8, 4) is 11.5 Å². The smallest absolute Gasteiger partial charge is 0.292 e. The van der Waals surface area contributed by atoms with Crippen LogP contribution in [0.25, 0.3) is 22.0 Å². The average molecular weight is 417 g/mol. The molecular formula is C19H17ClN4O5. The Labute approximate surface area is 170 Å². The Kier molecular flexibility index (Phi) is 5.69. The molecule has 1 aromatic heterocycles. The van der Waals surface area contributed by atoms with Crippen molar-refractivity contribution in [2.45, 2.75) is 0 Å². The van der Waals surface area contributed by atoms with Gasteiger partial charge in [-0.15, -0.1) is 0 Å². The normalized spacial score (nSPS) is 11.4. The summed E-state index contributed by atoms with van der Waals surface area (Å²) >= 11 is 6.34. The van der Waals surface area contributed by atoms with E-state index in [9.17, 15) is 14.9 Å². The van der Waals surface area contributed by atoms with Gasteiger partial charge in [0, 0.05) is 19.2 Å². The van der Waals surface area contributed by atoms with Crippen molar-refractivity contribution < 1.29 is 14.4 Å². The predicted octanol–water partition coefficient (Wildman–Crippen LogP) is 3.63. The number of nitrogens with zero attached hydrogens (tertiary/aromatic N) is 2. The summed E-state index contributed by atoms with van der Waals surface area (Å²) in [5, 5.41) is 14.4. The molecule has 0 bridgehead atoms. The van der Waals surface area contributed by atoms with Gasteiger partial charge in [0.05, 0.1) is 35.1 Å². The minimum Gasteiger partial charge on any atom is -0.493 e. The number of benzene rings is 2. The highest BCUT2D eigenvalue weighted by Gasteiger charge is 2.15. The highest BCUT2D eigenvalue weighted by Crippen LogP contribution is 2.31. The summed E-state index contributed by atoms with van der Waals surface area (Å²) in [6.45, 7) is 0. The lowest BCUT2D eigenvalue weighted by Gasteiger charge is -2.09. The zero-order valence-corrected chi connectivity index (χ0v) is 16.5. The lowest BCUT2D eigenvalue weighted by Crippen LogP contribution is -2.11. The van der Waals surface area contributed by atoms with Crippen molar-refractivity contribution in [3.63, 3.8) is 0 Å². The first-order valence-electron chi connectivity index (χ1n) is 8.37. The number of hydrogen-bond donors (Lipinski definition) is 2. The van der Waals surface area contributed by atoms with Gasteiger partial charge in [-0.2, -0.15) is 0 Å². The lowest BCUT2D eigenvalue weighted by atomic mass is 10.1. The van der Waals surface area contributed by atoms with E-state index in [-0.39, 0.29) is 16.5 Å². The number of nitro benzene ring substituents is 1. The van der Waals surface area contributed by atoms with Crippen molar-refractivity contribution in [3.05, 3.63) is 62.2 Å². The first kappa shape index (κ1) is 20.2. The second kappa shape index (κ2) is 8.19. The molecule has 29 heavy (non-hydrogen) atoms. The summed E-state index contributed by atoms with van der Waals surface area (Å²) in [6, 6.07) is 7.71. The van der Waals surface area contributed by atoms with Crippen LogP contribution < -0.4 is 20.3 Å². The van der Waals surface area contributed by atoms with E-state index in [1.54, 1.807) is 25.2 Å². The van der Waals surface area contributed by atoms with Crippen LogP contribution in [0.1, 0.15) is 11.4 Å². The largest absolute Gasteiger partial charge is 0.493 e. The molecule has 3 rings (SSSR count). The van der Waals surface area contributed by atoms with Crippen molar-refractivity contribution in [1.29, 1.82) is 0 Å². The Hall–Kier alpha value is -3.59. The maximum atomic E-state index is 12.5. The quantitative estimate of drug-likeness (QED) is 0.465. The molecule has 0 amide bonds. The average Bonchev–Trinajstić information content (AvgIpc) is 2.72. The number of aromatic nitrogens is 2. The minimum absolute atomic E-state index is 0.0949. The van der Waals surface area contributed by atoms with E-state index in [2.05, 4.69) is 15.3 Å². The third-order valence-corrected chi connectivity index (χ3v) is 4.51. The molecule has 1 heterocycles. The second-order valence-electron chi connectivity index (χ2n) is 5.91. The minimum atomic E-state index is -0.493. The molecule has 0 radical (unpaired) electrons. The monoisotopic (exact) mass is 416 g/mol. The maximum Gasteiger partial charge on any atom is 0.292 e. The zero-order valence-electron chi connectivity index (χ0n) is 15.8. The van der Waals surface area contributed by atoms with Crippen LogP contribution in [0, 0.1) is 10.1 Å². The number of nitrogens with one attached hydrogen (secondary N) is 2. The van der Waals surface area contributed by atoms with E-state index in [0.717, 1.165) is 0 Å². The number of aromatic amines is 1. The van der Waals surface area contributed by atoms with Crippen LogP contribution in [0.4, 0.5) is 11.4 Å². The molecule has 0 saturated carbocycles. The summed E-state index contributed by atoms with van der Waals surface area (Å²) < 4.78 is 10.4. The van der Waals surface area contributed by atoms with E-state index >= 15 is 0 Å². The fourth-order valence-electron chi connectivity index (χ4n) is 2.79. The van der Waals surface area contributed by atoms with Gasteiger partial charge in [-0.3, -0.25) is 14.9 Å². The van der Waals surface area contributed by atoms with Gasteiger partial charge in [0.1, 0.15) is 5.69 Å². The van der Waals surface area contributed by atoms with Gasteiger partial charge in [0.15, 0.2) is 17.3 Å². The number of nitro groups is 1. The van der Waals surface area contributed by atoms with E-state index in [0.29, 0.717) is 33.7 Å². The van der Waals surface area contributed by atoms with Crippen LogP contribution >= 0.6 is 11.6 Å². The lowest BCUT2D eigenvalue weighted by molar-refractivity contribution is -0.383. The van der Waals surface area contributed by atoms with Crippen LogP contribution in [0.3, 0.4) is 0 Å². The Morgan fingerprint density at radius 3 is 2.55 bits per heavy atom. The molecule has 0 atom stereocenters. The maximum absolute atomic E-state index is 12.5. The Morgan fingerprint density at radius 2 is 1.93 bits per heavy atom. The SMILES string of the molecule is CNc1ccc(/C=C(\Cl)c2nc3cc(OC)c(OC)cc3c(=O)[nH]2)cc1[N+](=O)[O-]. The molecule has 0 aliphatic carbocycles. The molecule has 0 aliphatic heterocycles. The van der Waals surface area contributed by atoms with Crippen molar-refractivity contribution in [1.82, 2.24) is 9.97 Å². The number of fused-ring (bicyclic) bond motifs is 1. The van der Waals surface area contributed by atoms with Gasteiger partial charge in [0.2, 0.25) is 0 Å². The Morgan fingerprint density at radius 1 is 1.24 bits per heavy atom. The van der Waals surface area contributed by atoms with Gasteiger partial charge in [-0.1, -0.05) is 17.7 Å². The van der Waals surface area contributed by atoms with Crippen LogP contribution in [0.15, 0.2) is 35.1 Å². The standard InChI is InChI=1S/C19H17ClN4O5/c1-21-13-5-4-10(7-15(13)24(26)27)6-12(20)18-22-14-9-17(29-3)16(28-2)8-11(14)19(25)23-18/h4-9,21H,1-3H3,(H,22,23,25)/b12-6-. The van der Waals surface area contributed by atoms with Crippen LogP contribution in [0.2, 0.25) is 0 Å². The fourth-order valence-corrected chi connectivity index (χ4v) is 3.01. The summed E-state index contributed by atoms with van der Waals surface area (Å²) in [5.74, 6) is 0.942. The van der Waals surface area contributed by atoms with E-state index < -0.39 is 10.5 Å². The van der Waals surface area contributed by atoms with Gasteiger partial charge in [-0.25, -0.2) is 4.98 Å². The molecule has 10 heteroatoms. The van der Waals surface area contributed by atoms with Gasteiger partial charge in [0.25, 0.3) is 11.2 Å². The van der Waals surface area contributed by atoms with Crippen LogP contribution in [-0.4, -0.2) is 36.2 Å². The number of hydrogen-bond acceptors (Lipinski definition) is 7. The molecule has 0 fully saturated rings. The fraction of sp³-hybridized carbons (Fsp3) is 0.158. The summed E-state index contributed by atoms with van der Waals surface area (Å²) in [4.78, 5) is 30.2. The Balaban J connectivity index is 2.09. The molecular weight excluding hydrogens is 400 g/mol.